The molecule has 0 amide bonds. The first-order chi connectivity index (χ1) is 8.29. The molecule has 1 rings (SSSR count). The van der Waals surface area contributed by atoms with Gasteiger partial charge in [-0.05, 0) is 30.6 Å². The summed E-state index contributed by atoms with van der Waals surface area (Å²) in [6, 6.07) is 0. The molecule has 108 valence electrons. The molecule has 3 atom stereocenters. The lowest BCUT2D eigenvalue weighted by Crippen LogP contribution is -2.31. The largest absolute Gasteiger partial charge is 0.378 e. The molecule has 0 aliphatic heterocycles. The van der Waals surface area contributed by atoms with Crippen LogP contribution in [0.3, 0.4) is 0 Å². The minimum atomic E-state index is -3.44. The maximum Gasteiger partial charge on any atom is 0.232 e. The van der Waals surface area contributed by atoms with E-state index in [2.05, 4.69) is 6.92 Å². The molecule has 3 unspecified atom stereocenters. The van der Waals surface area contributed by atoms with Gasteiger partial charge in [-0.25, -0.2) is 8.42 Å². The van der Waals surface area contributed by atoms with Gasteiger partial charge in [-0.3, -0.25) is 0 Å². The monoisotopic (exact) mass is 296 g/mol. The molecule has 18 heavy (non-hydrogen) atoms. The summed E-state index contributed by atoms with van der Waals surface area (Å²) >= 11 is 0. The Labute approximate surface area is 116 Å². The van der Waals surface area contributed by atoms with Crippen molar-refractivity contribution in [3.8, 4) is 0 Å². The summed E-state index contributed by atoms with van der Waals surface area (Å²) < 4.78 is 28.3. The van der Waals surface area contributed by atoms with Crippen LogP contribution >= 0.6 is 10.7 Å². The zero-order valence-electron chi connectivity index (χ0n) is 11.6. The van der Waals surface area contributed by atoms with Crippen molar-refractivity contribution in [2.24, 2.45) is 17.8 Å². The Kier molecular flexibility index (Phi) is 6.42. The zero-order chi connectivity index (χ0) is 13.8. The van der Waals surface area contributed by atoms with Crippen LogP contribution in [0.25, 0.3) is 0 Å². The van der Waals surface area contributed by atoms with Gasteiger partial charge in [-0.2, -0.15) is 0 Å². The average molecular weight is 297 g/mol. The number of hydrogen-bond acceptors (Lipinski definition) is 3. The number of ether oxygens (including phenoxy) is 1. The number of hydrogen-bond donors (Lipinski definition) is 0. The van der Waals surface area contributed by atoms with Crippen molar-refractivity contribution in [2.45, 2.75) is 52.6 Å². The normalized spacial score (nSPS) is 27.4. The molecule has 1 aliphatic carbocycles. The van der Waals surface area contributed by atoms with Crippen molar-refractivity contribution in [2.75, 3.05) is 12.4 Å². The predicted molar refractivity (Wildman–Crippen MR) is 75.3 cm³/mol. The summed E-state index contributed by atoms with van der Waals surface area (Å²) in [5.74, 6) is 0.839. The van der Waals surface area contributed by atoms with E-state index in [0.29, 0.717) is 12.5 Å². The fourth-order valence-corrected chi connectivity index (χ4v) is 3.94. The predicted octanol–water partition coefficient (Wildman–Crippen LogP) is 3.42. The zero-order valence-corrected chi connectivity index (χ0v) is 13.1. The Balaban J connectivity index is 2.46. The molecule has 0 aromatic heterocycles. The van der Waals surface area contributed by atoms with Gasteiger partial charge in [0.2, 0.25) is 9.05 Å². The van der Waals surface area contributed by atoms with E-state index >= 15 is 0 Å². The molecule has 5 heteroatoms. The Bertz CT molecular complexity index is 340. The molecule has 0 N–H and O–H groups in total. The molecular weight excluding hydrogens is 272 g/mol. The Morgan fingerprint density at radius 1 is 1.28 bits per heavy atom. The van der Waals surface area contributed by atoms with Crippen LogP contribution in [0.2, 0.25) is 0 Å². The van der Waals surface area contributed by atoms with Crippen molar-refractivity contribution in [1.82, 2.24) is 0 Å². The van der Waals surface area contributed by atoms with E-state index < -0.39 is 9.05 Å². The summed E-state index contributed by atoms with van der Waals surface area (Å²) in [6.45, 7) is 6.74. The van der Waals surface area contributed by atoms with E-state index in [1.54, 1.807) is 0 Å². The third kappa shape index (κ3) is 5.89. The van der Waals surface area contributed by atoms with Crippen LogP contribution < -0.4 is 0 Å². The highest BCUT2D eigenvalue weighted by Crippen LogP contribution is 2.27. The minimum Gasteiger partial charge on any atom is -0.378 e. The van der Waals surface area contributed by atoms with Crippen LogP contribution in [0, 0.1) is 17.8 Å². The van der Waals surface area contributed by atoms with Crippen molar-refractivity contribution in [3.63, 3.8) is 0 Å². The van der Waals surface area contributed by atoms with Gasteiger partial charge in [0.15, 0.2) is 0 Å². The van der Waals surface area contributed by atoms with E-state index in [9.17, 15) is 8.42 Å². The molecule has 0 aromatic carbocycles. The van der Waals surface area contributed by atoms with Gasteiger partial charge in [0.25, 0.3) is 0 Å². The van der Waals surface area contributed by atoms with Gasteiger partial charge in [-0.1, -0.05) is 33.6 Å². The highest BCUT2D eigenvalue weighted by molar-refractivity contribution is 8.13. The Morgan fingerprint density at radius 3 is 2.39 bits per heavy atom. The summed E-state index contributed by atoms with van der Waals surface area (Å²) in [5.41, 5.74) is 0. The molecule has 1 fully saturated rings. The second-order valence-electron chi connectivity index (χ2n) is 5.84. The van der Waals surface area contributed by atoms with E-state index in [4.69, 9.17) is 15.4 Å². The van der Waals surface area contributed by atoms with Gasteiger partial charge in [-0.15, -0.1) is 0 Å². The molecular formula is C13H25ClO3S. The Morgan fingerprint density at radius 2 is 1.89 bits per heavy atom. The lowest BCUT2D eigenvalue weighted by atomic mass is 9.88. The number of halogens is 1. The van der Waals surface area contributed by atoms with Crippen molar-refractivity contribution < 1.29 is 13.2 Å². The molecule has 1 saturated carbocycles. The van der Waals surface area contributed by atoms with Gasteiger partial charge < -0.3 is 4.74 Å². The average Bonchev–Trinajstić information content (AvgIpc) is 2.24. The van der Waals surface area contributed by atoms with E-state index in [-0.39, 0.29) is 23.7 Å². The van der Waals surface area contributed by atoms with Gasteiger partial charge in [0.1, 0.15) is 0 Å². The summed E-state index contributed by atoms with van der Waals surface area (Å²) in [5, 5.41) is 0. The quantitative estimate of drug-likeness (QED) is 0.705. The molecule has 0 radical (unpaired) electrons. The SMILES string of the molecule is CC(C)C(COC1CCCCC1C)CS(=O)(=O)Cl. The lowest BCUT2D eigenvalue weighted by Gasteiger charge is -2.31. The van der Waals surface area contributed by atoms with Crippen molar-refractivity contribution in [1.29, 1.82) is 0 Å². The molecule has 3 nitrogen and oxygen atoms in total. The topological polar surface area (TPSA) is 43.4 Å². The smallest absolute Gasteiger partial charge is 0.232 e. The molecule has 0 aromatic rings. The third-order valence-corrected chi connectivity index (χ3v) is 5.12. The van der Waals surface area contributed by atoms with Crippen LogP contribution in [0.5, 0.6) is 0 Å². The number of rotatable bonds is 6. The third-order valence-electron chi connectivity index (χ3n) is 3.91. The second-order valence-corrected chi connectivity index (χ2v) is 8.66. The lowest BCUT2D eigenvalue weighted by molar-refractivity contribution is -0.0248. The minimum absolute atomic E-state index is 0.00727. The van der Waals surface area contributed by atoms with Crippen LogP contribution in [0.4, 0.5) is 0 Å². The summed E-state index contributed by atoms with van der Waals surface area (Å²) in [7, 11) is 1.90. The van der Waals surface area contributed by atoms with E-state index in [0.717, 1.165) is 6.42 Å². The highest BCUT2D eigenvalue weighted by Gasteiger charge is 2.26. The van der Waals surface area contributed by atoms with Gasteiger partial charge >= 0.3 is 0 Å². The fraction of sp³-hybridized carbons (Fsp3) is 1.00. The van der Waals surface area contributed by atoms with Crippen LogP contribution in [-0.2, 0) is 13.8 Å². The van der Waals surface area contributed by atoms with Gasteiger partial charge in [0, 0.05) is 10.7 Å². The first-order valence-electron chi connectivity index (χ1n) is 6.83. The standard InChI is InChI=1S/C13H25ClO3S/c1-10(2)12(9-18(14,15)16)8-17-13-7-5-4-6-11(13)3/h10-13H,4-9H2,1-3H3. The summed E-state index contributed by atoms with van der Waals surface area (Å²) in [4.78, 5) is 0. The van der Waals surface area contributed by atoms with Crippen LogP contribution in [-0.4, -0.2) is 26.9 Å². The Hall–Kier alpha value is 0.200. The maximum atomic E-state index is 11.2. The first kappa shape index (κ1) is 16.3. The second kappa shape index (κ2) is 7.11. The summed E-state index contributed by atoms with van der Waals surface area (Å²) in [6.07, 6.45) is 5.10. The maximum absolute atomic E-state index is 11.2. The molecule has 1 aliphatic rings. The molecule has 0 spiro atoms. The van der Waals surface area contributed by atoms with Crippen molar-refractivity contribution in [3.05, 3.63) is 0 Å². The van der Waals surface area contributed by atoms with E-state index in [1.165, 1.54) is 19.3 Å². The van der Waals surface area contributed by atoms with Crippen molar-refractivity contribution >= 4 is 19.7 Å². The molecule has 0 heterocycles. The molecule has 0 bridgehead atoms. The molecule has 0 saturated heterocycles. The fourth-order valence-electron chi connectivity index (χ4n) is 2.47. The van der Waals surface area contributed by atoms with Crippen LogP contribution in [0.15, 0.2) is 0 Å². The first-order valence-corrected chi connectivity index (χ1v) is 9.31. The van der Waals surface area contributed by atoms with E-state index in [1.807, 2.05) is 13.8 Å². The van der Waals surface area contributed by atoms with Gasteiger partial charge in [0.05, 0.1) is 18.5 Å². The van der Waals surface area contributed by atoms with Crippen LogP contribution in [0.1, 0.15) is 46.5 Å². The highest BCUT2D eigenvalue weighted by atomic mass is 35.7.